The second-order valence-electron chi connectivity index (χ2n) is 4.29. The minimum Gasteiger partial charge on any atom is -0.477 e. The van der Waals surface area contributed by atoms with Crippen molar-refractivity contribution in [1.29, 1.82) is 0 Å². The smallest absolute Gasteiger partial charge is 0.216 e. The molecule has 0 N–H and O–H groups in total. The van der Waals surface area contributed by atoms with Gasteiger partial charge in [-0.3, -0.25) is 0 Å². The average molecular weight is 306 g/mol. The van der Waals surface area contributed by atoms with Crippen LogP contribution in [0.25, 0.3) is 0 Å². The molecule has 0 atom stereocenters. The third-order valence-electron chi connectivity index (χ3n) is 1.45. The van der Waals surface area contributed by atoms with E-state index in [1.807, 2.05) is 0 Å². The first-order valence-electron chi connectivity index (χ1n) is 4.52. The molecule has 0 aromatic carbocycles. The van der Waals surface area contributed by atoms with Crippen molar-refractivity contribution in [2.45, 2.75) is 25.2 Å². The highest BCUT2D eigenvalue weighted by Gasteiger charge is 2.11. The first-order valence-corrected chi connectivity index (χ1v) is 6.04. The van der Waals surface area contributed by atoms with Gasteiger partial charge in [-0.15, -0.1) is 0 Å². The van der Waals surface area contributed by atoms with E-state index in [4.69, 9.17) is 4.74 Å². The number of nitrogens with zero attached hydrogens (tertiary/aromatic N) is 2. The van der Waals surface area contributed by atoms with Crippen LogP contribution in [0.15, 0.2) is 12.3 Å². The normalized spacial score (nSPS) is 11.4. The lowest BCUT2D eigenvalue weighted by atomic mass is 9.99. The number of alkyl halides is 1. The molecule has 0 bridgehead atoms. The summed E-state index contributed by atoms with van der Waals surface area (Å²) in [6, 6.07) is 1.79. The lowest BCUT2D eigenvalue weighted by Gasteiger charge is -2.18. The Hall–Kier alpha value is -0.390. The maximum atomic E-state index is 5.56. The highest BCUT2D eigenvalue weighted by atomic mass is 127. The quantitative estimate of drug-likeness (QED) is 0.636. The maximum Gasteiger partial charge on any atom is 0.216 e. The van der Waals surface area contributed by atoms with Crippen LogP contribution in [-0.2, 0) is 4.43 Å². The summed E-state index contributed by atoms with van der Waals surface area (Å²) in [6.07, 6.45) is 1.74. The zero-order valence-corrected chi connectivity index (χ0v) is 10.9. The van der Waals surface area contributed by atoms with Crippen LogP contribution in [-0.4, -0.2) is 16.6 Å². The van der Waals surface area contributed by atoms with Gasteiger partial charge in [-0.05, 0) is 5.41 Å². The van der Waals surface area contributed by atoms with Crippen LogP contribution >= 0.6 is 22.6 Å². The van der Waals surface area contributed by atoms with Gasteiger partial charge in [-0.1, -0.05) is 43.4 Å². The van der Waals surface area contributed by atoms with Gasteiger partial charge >= 0.3 is 0 Å². The average Bonchev–Trinajstić information content (AvgIpc) is 2.14. The van der Waals surface area contributed by atoms with E-state index in [-0.39, 0.29) is 5.41 Å². The van der Waals surface area contributed by atoms with Crippen molar-refractivity contribution in [2.24, 2.45) is 5.41 Å². The Morgan fingerprint density at radius 3 is 2.71 bits per heavy atom. The molecule has 0 spiro atoms. The zero-order chi connectivity index (χ0) is 10.6. The minimum absolute atomic E-state index is 0.162. The predicted octanol–water partition coefficient (Wildman–Crippen LogP) is 2.84. The number of halogens is 1. The fourth-order valence-corrected chi connectivity index (χ4v) is 1.18. The molecular weight excluding hydrogens is 291 g/mol. The van der Waals surface area contributed by atoms with Gasteiger partial charge in [0.25, 0.3) is 0 Å². The van der Waals surface area contributed by atoms with E-state index in [1.54, 1.807) is 12.3 Å². The highest BCUT2D eigenvalue weighted by Crippen LogP contribution is 2.15. The molecule has 0 amide bonds. The standard InChI is InChI=1S/C10H15IN2O/c1-10(2,3)7-14-9-4-5-12-8(6-11)13-9/h4-5H,6-7H2,1-3H3. The SMILES string of the molecule is CC(C)(C)COc1ccnc(CI)n1. The van der Waals surface area contributed by atoms with Crippen molar-refractivity contribution in [3.63, 3.8) is 0 Å². The van der Waals surface area contributed by atoms with Gasteiger partial charge in [0.15, 0.2) is 0 Å². The van der Waals surface area contributed by atoms with Crippen molar-refractivity contribution in [1.82, 2.24) is 9.97 Å². The summed E-state index contributed by atoms with van der Waals surface area (Å²) in [6.45, 7) is 7.07. The van der Waals surface area contributed by atoms with Crippen LogP contribution < -0.4 is 4.74 Å². The molecule has 0 aliphatic carbocycles. The third-order valence-corrected chi connectivity index (χ3v) is 2.13. The van der Waals surface area contributed by atoms with Crippen molar-refractivity contribution >= 4 is 22.6 Å². The first-order chi connectivity index (χ1) is 6.51. The molecule has 0 radical (unpaired) electrons. The van der Waals surface area contributed by atoms with Crippen molar-refractivity contribution in [2.75, 3.05) is 6.61 Å². The van der Waals surface area contributed by atoms with Gasteiger partial charge in [0.1, 0.15) is 5.82 Å². The second-order valence-corrected chi connectivity index (χ2v) is 5.06. The first kappa shape index (κ1) is 11.7. The summed E-state index contributed by atoms with van der Waals surface area (Å²) >= 11 is 2.23. The summed E-state index contributed by atoms with van der Waals surface area (Å²) in [5, 5.41) is 0. The van der Waals surface area contributed by atoms with Crippen LogP contribution in [0.5, 0.6) is 5.88 Å². The van der Waals surface area contributed by atoms with E-state index in [1.165, 1.54) is 0 Å². The van der Waals surface area contributed by atoms with Crippen molar-refractivity contribution in [3.8, 4) is 5.88 Å². The predicted molar refractivity (Wildman–Crippen MR) is 64.7 cm³/mol. The molecular formula is C10H15IN2O. The van der Waals surface area contributed by atoms with Crippen LogP contribution in [0, 0.1) is 5.41 Å². The molecule has 1 aromatic heterocycles. The van der Waals surface area contributed by atoms with Crippen LogP contribution in [0.3, 0.4) is 0 Å². The Balaban J connectivity index is 2.59. The molecule has 1 heterocycles. The Kier molecular flexibility index (Phi) is 4.10. The minimum atomic E-state index is 0.162. The van der Waals surface area contributed by atoms with E-state index >= 15 is 0 Å². The lowest BCUT2D eigenvalue weighted by Crippen LogP contribution is -2.17. The molecule has 0 aliphatic heterocycles. The van der Waals surface area contributed by atoms with Gasteiger partial charge in [0.05, 0.1) is 11.0 Å². The number of hydrogen-bond donors (Lipinski definition) is 0. The topological polar surface area (TPSA) is 35.0 Å². The molecule has 3 nitrogen and oxygen atoms in total. The Morgan fingerprint density at radius 1 is 1.43 bits per heavy atom. The van der Waals surface area contributed by atoms with Gasteiger partial charge in [0, 0.05) is 12.3 Å². The monoisotopic (exact) mass is 306 g/mol. The van der Waals surface area contributed by atoms with Gasteiger partial charge in [-0.25, -0.2) is 4.98 Å². The van der Waals surface area contributed by atoms with Gasteiger partial charge < -0.3 is 4.74 Å². The van der Waals surface area contributed by atoms with E-state index in [0.717, 1.165) is 10.3 Å². The van der Waals surface area contributed by atoms with Gasteiger partial charge in [-0.2, -0.15) is 4.98 Å². The lowest BCUT2D eigenvalue weighted by molar-refractivity contribution is 0.191. The maximum absolute atomic E-state index is 5.56. The molecule has 0 unspecified atom stereocenters. The number of ether oxygens (including phenoxy) is 1. The van der Waals surface area contributed by atoms with Crippen LogP contribution in [0.4, 0.5) is 0 Å². The Bertz CT molecular complexity index is 296. The summed E-state index contributed by atoms with van der Waals surface area (Å²) in [4.78, 5) is 8.36. The van der Waals surface area contributed by atoms with Crippen LogP contribution in [0.2, 0.25) is 0 Å². The molecule has 4 heteroatoms. The summed E-state index contributed by atoms with van der Waals surface area (Å²) in [5.41, 5.74) is 0.162. The van der Waals surface area contributed by atoms with E-state index < -0.39 is 0 Å². The summed E-state index contributed by atoms with van der Waals surface area (Å²) in [5.74, 6) is 1.48. The Labute approximate surface area is 98.4 Å². The molecule has 1 rings (SSSR count). The second kappa shape index (κ2) is 4.91. The van der Waals surface area contributed by atoms with Crippen molar-refractivity contribution < 1.29 is 4.74 Å². The van der Waals surface area contributed by atoms with E-state index in [2.05, 4.69) is 53.3 Å². The largest absolute Gasteiger partial charge is 0.477 e. The zero-order valence-electron chi connectivity index (χ0n) is 8.75. The number of hydrogen-bond acceptors (Lipinski definition) is 3. The number of rotatable bonds is 3. The molecule has 1 aromatic rings. The van der Waals surface area contributed by atoms with E-state index in [0.29, 0.717) is 12.5 Å². The Morgan fingerprint density at radius 2 is 2.14 bits per heavy atom. The highest BCUT2D eigenvalue weighted by molar-refractivity contribution is 14.1. The van der Waals surface area contributed by atoms with Gasteiger partial charge in [0.2, 0.25) is 5.88 Å². The van der Waals surface area contributed by atoms with Crippen LogP contribution in [0.1, 0.15) is 26.6 Å². The molecule has 0 saturated heterocycles. The summed E-state index contributed by atoms with van der Waals surface area (Å²) < 4.78 is 6.37. The molecule has 0 saturated carbocycles. The molecule has 78 valence electrons. The molecule has 0 fully saturated rings. The fourth-order valence-electron chi connectivity index (χ4n) is 0.816. The fraction of sp³-hybridized carbons (Fsp3) is 0.600. The molecule has 0 aliphatic rings. The van der Waals surface area contributed by atoms with Crippen molar-refractivity contribution in [3.05, 3.63) is 18.1 Å². The molecule has 14 heavy (non-hydrogen) atoms. The van der Waals surface area contributed by atoms with E-state index in [9.17, 15) is 0 Å². The third kappa shape index (κ3) is 4.21. The summed E-state index contributed by atoms with van der Waals surface area (Å²) in [7, 11) is 0. The number of aromatic nitrogens is 2.